The third-order valence-corrected chi connectivity index (χ3v) is 4.12. The zero-order valence-corrected chi connectivity index (χ0v) is 12.1. The average molecular weight is 293 g/mol. The Bertz CT molecular complexity index is 622. The summed E-state index contributed by atoms with van der Waals surface area (Å²) in [6, 6.07) is 0. The topological polar surface area (TPSA) is 68.5 Å². The highest BCUT2D eigenvalue weighted by atomic mass is 32.1. The lowest BCUT2D eigenvalue weighted by Crippen LogP contribution is -2.42. The highest BCUT2D eigenvalue weighted by Crippen LogP contribution is 2.23. The summed E-state index contributed by atoms with van der Waals surface area (Å²) in [5, 5.41) is 11.6. The van der Waals surface area contributed by atoms with E-state index in [2.05, 4.69) is 10.2 Å². The molecule has 3 heterocycles. The zero-order valence-electron chi connectivity index (χ0n) is 11.3. The number of nitrogens with zero attached hydrogens (tertiary/aromatic N) is 3. The lowest BCUT2D eigenvalue weighted by molar-refractivity contribution is -0.0349. The van der Waals surface area contributed by atoms with Crippen LogP contribution in [0.3, 0.4) is 0 Å². The molecule has 3 rings (SSSR count). The first-order valence-corrected chi connectivity index (χ1v) is 7.33. The molecule has 20 heavy (non-hydrogen) atoms. The van der Waals surface area contributed by atoms with Crippen LogP contribution < -0.4 is 0 Å². The van der Waals surface area contributed by atoms with Gasteiger partial charge in [-0.1, -0.05) is 0 Å². The Kier molecular flexibility index (Phi) is 3.54. The molecule has 0 bridgehead atoms. The maximum atomic E-state index is 12.5. The van der Waals surface area contributed by atoms with Crippen LogP contribution in [0.4, 0.5) is 0 Å². The summed E-state index contributed by atoms with van der Waals surface area (Å²) in [7, 11) is 0. The molecule has 0 aromatic carbocycles. The molecule has 106 valence electrons. The summed E-state index contributed by atoms with van der Waals surface area (Å²) in [5.74, 6) is 0.969. The van der Waals surface area contributed by atoms with Gasteiger partial charge in [-0.2, -0.15) is 11.3 Å². The first-order chi connectivity index (χ1) is 9.65. The number of aromatic nitrogens is 2. The third kappa shape index (κ3) is 2.46. The predicted octanol–water partition coefficient (Wildman–Crippen LogP) is 1.96. The number of morpholine rings is 1. The zero-order chi connectivity index (χ0) is 14.1. The highest BCUT2D eigenvalue weighted by molar-refractivity contribution is 7.08. The fourth-order valence-corrected chi connectivity index (χ4v) is 3.00. The Morgan fingerprint density at radius 2 is 2.25 bits per heavy atom. The number of thiophene rings is 1. The van der Waals surface area contributed by atoms with E-state index in [0.29, 0.717) is 31.5 Å². The van der Waals surface area contributed by atoms with Crippen molar-refractivity contribution >= 4 is 17.2 Å². The van der Waals surface area contributed by atoms with Crippen molar-refractivity contribution in [2.24, 2.45) is 0 Å². The van der Waals surface area contributed by atoms with Crippen molar-refractivity contribution < 1.29 is 13.9 Å². The molecular formula is C13H15N3O3S. The maximum absolute atomic E-state index is 12.5. The second-order valence-corrected chi connectivity index (χ2v) is 5.48. The van der Waals surface area contributed by atoms with E-state index in [9.17, 15) is 4.79 Å². The minimum atomic E-state index is -0.340. The van der Waals surface area contributed by atoms with Crippen LogP contribution in [0, 0.1) is 13.8 Å². The normalized spacial score (nSPS) is 19.3. The summed E-state index contributed by atoms with van der Waals surface area (Å²) in [6.07, 6.45) is -0.340. The molecule has 1 saturated heterocycles. The molecule has 0 N–H and O–H groups in total. The number of amides is 1. The highest BCUT2D eigenvalue weighted by Gasteiger charge is 2.30. The number of hydrogen-bond donors (Lipinski definition) is 0. The lowest BCUT2D eigenvalue weighted by Gasteiger charge is -2.31. The Balaban J connectivity index is 1.75. The minimum Gasteiger partial charge on any atom is -0.423 e. The van der Waals surface area contributed by atoms with Gasteiger partial charge in [0.2, 0.25) is 11.8 Å². The predicted molar refractivity (Wildman–Crippen MR) is 72.7 cm³/mol. The molecule has 0 spiro atoms. The number of aryl methyl sites for hydroxylation is 2. The molecule has 1 fully saturated rings. The quantitative estimate of drug-likeness (QED) is 0.846. The molecule has 0 radical (unpaired) electrons. The van der Waals surface area contributed by atoms with Crippen LogP contribution in [0.2, 0.25) is 0 Å². The van der Waals surface area contributed by atoms with Gasteiger partial charge in [0.25, 0.3) is 5.91 Å². The molecule has 6 nitrogen and oxygen atoms in total. The van der Waals surface area contributed by atoms with Gasteiger partial charge in [0.15, 0.2) is 6.10 Å². The second kappa shape index (κ2) is 5.34. The van der Waals surface area contributed by atoms with Gasteiger partial charge in [0.05, 0.1) is 18.7 Å². The first-order valence-electron chi connectivity index (χ1n) is 6.39. The van der Waals surface area contributed by atoms with Crippen LogP contribution in [-0.2, 0) is 4.74 Å². The fraction of sp³-hybridized carbons (Fsp3) is 0.462. The van der Waals surface area contributed by atoms with Crippen molar-refractivity contribution in [3.05, 3.63) is 33.7 Å². The smallest absolute Gasteiger partial charge is 0.255 e. The molecule has 0 saturated carbocycles. The Labute approximate surface area is 120 Å². The van der Waals surface area contributed by atoms with Crippen molar-refractivity contribution in [2.45, 2.75) is 20.0 Å². The Hall–Kier alpha value is -1.73. The van der Waals surface area contributed by atoms with E-state index < -0.39 is 0 Å². The van der Waals surface area contributed by atoms with Gasteiger partial charge < -0.3 is 14.1 Å². The third-order valence-electron chi connectivity index (χ3n) is 3.26. The molecule has 0 aliphatic carbocycles. The first kappa shape index (κ1) is 13.3. The minimum absolute atomic E-state index is 0.0355. The number of hydrogen-bond acceptors (Lipinski definition) is 6. The van der Waals surface area contributed by atoms with E-state index in [1.165, 1.54) is 11.3 Å². The van der Waals surface area contributed by atoms with E-state index in [-0.39, 0.29) is 12.0 Å². The monoisotopic (exact) mass is 293 g/mol. The number of carbonyl (C=O) groups is 1. The van der Waals surface area contributed by atoms with E-state index in [1.807, 2.05) is 17.7 Å². The van der Waals surface area contributed by atoms with Crippen LogP contribution in [0.5, 0.6) is 0 Å². The number of rotatable bonds is 2. The van der Waals surface area contributed by atoms with Crippen LogP contribution in [0.25, 0.3) is 0 Å². The summed E-state index contributed by atoms with van der Waals surface area (Å²) in [5.41, 5.74) is 1.77. The van der Waals surface area contributed by atoms with Crippen LogP contribution >= 0.6 is 11.3 Å². The SMILES string of the molecule is Cc1nnc([C@@H]2CN(C(=O)c3cscc3C)CCO2)o1. The van der Waals surface area contributed by atoms with Gasteiger partial charge >= 0.3 is 0 Å². The van der Waals surface area contributed by atoms with E-state index >= 15 is 0 Å². The molecule has 1 atom stereocenters. The molecule has 1 aliphatic rings. The molecule has 0 unspecified atom stereocenters. The summed E-state index contributed by atoms with van der Waals surface area (Å²) >= 11 is 1.54. The summed E-state index contributed by atoms with van der Waals surface area (Å²) < 4.78 is 11.0. The maximum Gasteiger partial charge on any atom is 0.255 e. The van der Waals surface area contributed by atoms with E-state index in [4.69, 9.17) is 9.15 Å². The largest absolute Gasteiger partial charge is 0.423 e. The van der Waals surface area contributed by atoms with Gasteiger partial charge in [-0.05, 0) is 17.9 Å². The van der Waals surface area contributed by atoms with Crippen LogP contribution in [0.15, 0.2) is 15.2 Å². The second-order valence-electron chi connectivity index (χ2n) is 4.74. The van der Waals surface area contributed by atoms with E-state index in [1.54, 1.807) is 11.8 Å². The number of ether oxygens (including phenoxy) is 1. The molecule has 7 heteroatoms. The van der Waals surface area contributed by atoms with Gasteiger partial charge in [-0.3, -0.25) is 4.79 Å². The summed E-state index contributed by atoms with van der Waals surface area (Å²) in [4.78, 5) is 14.3. The van der Waals surface area contributed by atoms with Gasteiger partial charge in [0, 0.05) is 18.8 Å². The van der Waals surface area contributed by atoms with Crippen LogP contribution in [0.1, 0.15) is 33.8 Å². The molecular weight excluding hydrogens is 278 g/mol. The molecule has 1 amide bonds. The van der Waals surface area contributed by atoms with Crippen molar-refractivity contribution in [1.82, 2.24) is 15.1 Å². The number of carbonyl (C=O) groups excluding carboxylic acids is 1. The standard InChI is InChI=1S/C13H15N3O3S/c1-8-6-20-7-10(8)13(17)16-3-4-18-11(5-16)12-15-14-9(2)19-12/h6-7,11H,3-5H2,1-2H3/t11-/m0/s1. The fourth-order valence-electron chi connectivity index (χ4n) is 2.18. The van der Waals surface area contributed by atoms with Crippen molar-refractivity contribution in [3.63, 3.8) is 0 Å². The van der Waals surface area contributed by atoms with Crippen molar-refractivity contribution in [1.29, 1.82) is 0 Å². The Morgan fingerprint density at radius 3 is 2.90 bits per heavy atom. The molecule has 2 aromatic rings. The van der Waals surface area contributed by atoms with Gasteiger partial charge in [0.1, 0.15) is 0 Å². The average Bonchev–Trinajstić information content (AvgIpc) is 3.07. The van der Waals surface area contributed by atoms with Crippen molar-refractivity contribution in [2.75, 3.05) is 19.7 Å². The molecule has 2 aromatic heterocycles. The van der Waals surface area contributed by atoms with Crippen molar-refractivity contribution in [3.8, 4) is 0 Å². The summed E-state index contributed by atoms with van der Waals surface area (Å²) in [6.45, 7) is 5.18. The Morgan fingerprint density at radius 1 is 1.40 bits per heavy atom. The van der Waals surface area contributed by atoms with Gasteiger partial charge in [-0.15, -0.1) is 10.2 Å². The van der Waals surface area contributed by atoms with E-state index in [0.717, 1.165) is 11.1 Å². The van der Waals surface area contributed by atoms with Gasteiger partial charge in [-0.25, -0.2) is 0 Å². The van der Waals surface area contributed by atoms with Crippen LogP contribution in [-0.4, -0.2) is 40.7 Å². The molecule has 1 aliphatic heterocycles. The lowest BCUT2D eigenvalue weighted by atomic mass is 10.1.